The number of amides is 2. The lowest BCUT2D eigenvalue weighted by molar-refractivity contribution is -0.114. The molecule has 4 aromatic rings. The van der Waals surface area contributed by atoms with Crippen LogP contribution >= 0.6 is 11.8 Å². The molecule has 1 heterocycles. The molecule has 4 rings (SSSR count). The highest BCUT2D eigenvalue weighted by Gasteiger charge is 2.15. The van der Waals surface area contributed by atoms with E-state index in [1.165, 1.54) is 36.9 Å². The van der Waals surface area contributed by atoms with Gasteiger partial charge in [0.1, 0.15) is 11.3 Å². The Morgan fingerprint density at radius 3 is 2.61 bits per heavy atom. The summed E-state index contributed by atoms with van der Waals surface area (Å²) in [7, 11) is 0. The first-order valence-corrected chi connectivity index (χ1v) is 10.4. The maximum Gasteiger partial charge on any atom is 0.257 e. The number of nitrogens with zero attached hydrogens (tertiary/aromatic N) is 1. The van der Waals surface area contributed by atoms with E-state index >= 15 is 0 Å². The molecule has 8 heteroatoms. The second-order valence-electron chi connectivity index (χ2n) is 6.72. The molecule has 0 unspecified atom stereocenters. The largest absolute Gasteiger partial charge is 0.431 e. The van der Waals surface area contributed by atoms with Crippen LogP contribution in [0, 0.1) is 5.82 Å². The van der Waals surface area contributed by atoms with Gasteiger partial charge in [-0.2, -0.15) is 0 Å². The fraction of sp³-hybridized carbons (Fsp3) is 0.0870. The molecule has 2 N–H and O–H groups in total. The monoisotopic (exact) mass is 435 g/mol. The van der Waals surface area contributed by atoms with Crippen LogP contribution < -0.4 is 10.6 Å². The van der Waals surface area contributed by atoms with Crippen molar-refractivity contribution >= 4 is 46.1 Å². The van der Waals surface area contributed by atoms with E-state index in [-0.39, 0.29) is 11.6 Å². The molecule has 0 aliphatic rings. The van der Waals surface area contributed by atoms with Crippen molar-refractivity contribution in [2.24, 2.45) is 0 Å². The zero-order valence-electron chi connectivity index (χ0n) is 16.5. The summed E-state index contributed by atoms with van der Waals surface area (Å²) in [4.78, 5) is 28.5. The molecule has 6 nitrogen and oxygen atoms in total. The first kappa shape index (κ1) is 20.6. The van der Waals surface area contributed by atoms with Gasteiger partial charge in [-0.3, -0.25) is 9.59 Å². The smallest absolute Gasteiger partial charge is 0.257 e. The molecule has 3 aromatic carbocycles. The summed E-state index contributed by atoms with van der Waals surface area (Å²) in [5, 5.41) is 5.66. The van der Waals surface area contributed by atoms with E-state index in [0.717, 1.165) is 11.1 Å². The van der Waals surface area contributed by atoms with Crippen LogP contribution in [0.3, 0.4) is 0 Å². The van der Waals surface area contributed by atoms with Crippen molar-refractivity contribution in [3.8, 4) is 0 Å². The van der Waals surface area contributed by atoms with Crippen LogP contribution in [0.4, 0.5) is 15.8 Å². The van der Waals surface area contributed by atoms with Gasteiger partial charge in [0, 0.05) is 23.9 Å². The third kappa shape index (κ3) is 4.92. The summed E-state index contributed by atoms with van der Waals surface area (Å²) < 4.78 is 19.9. The highest BCUT2D eigenvalue weighted by Crippen LogP contribution is 2.28. The zero-order chi connectivity index (χ0) is 21.8. The lowest BCUT2D eigenvalue weighted by Gasteiger charge is -2.11. The fourth-order valence-electron chi connectivity index (χ4n) is 3.01. The highest BCUT2D eigenvalue weighted by molar-refractivity contribution is 7.98. The highest BCUT2D eigenvalue weighted by atomic mass is 32.2. The van der Waals surface area contributed by atoms with Crippen LogP contribution in [0.1, 0.15) is 22.8 Å². The van der Waals surface area contributed by atoms with E-state index in [9.17, 15) is 14.0 Å². The van der Waals surface area contributed by atoms with Gasteiger partial charge in [-0.25, -0.2) is 9.37 Å². The van der Waals surface area contributed by atoms with Crippen LogP contribution in [0.5, 0.6) is 0 Å². The Kier molecular flexibility index (Phi) is 5.99. The number of rotatable bonds is 6. The van der Waals surface area contributed by atoms with Crippen LogP contribution in [-0.2, 0) is 10.5 Å². The van der Waals surface area contributed by atoms with Crippen molar-refractivity contribution in [2.45, 2.75) is 17.9 Å². The number of para-hydroxylation sites is 2. The molecule has 156 valence electrons. The van der Waals surface area contributed by atoms with Crippen molar-refractivity contribution in [2.75, 3.05) is 10.6 Å². The number of fused-ring (bicyclic) bond motifs is 1. The van der Waals surface area contributed by atoms with Crippen LogP contribution in [-0.4, -0.2) is 16.8 Å². The molecule has 0 bridgehead atoms. The number of hydrogen-bond acceptors (Lipinski definition) is 5. The molecule has 0 aliphatic heterocycles. The second kappa shape index (κ2) is 9.01. The summed E-state index contributed by atoms with van der Waals surface area (Å²) >= 11 is 1.37. The Balaban J connectivity index is 1.51. The van der Waals surface area contributed by atoms with Gasteiger partial charge in [0.25, 0.3) is 11.1 Å². The van der Waals surface area contributed by atoms with Gasteiger partial charge in [-0.1, -0.05) is 42.1 Å². The molecule has 0 fully saturated rings. The number of hydrogen-bond donors (Lipinski definition) is 2. The standard InChI is InChI=1S/C23H18FN3O3S/c1-14(28)25-16-10-11-18(24)20(12-16)26-22(29)17-7-3-2-6-15(17)13-31-23-27-19-8-4-5-9-21(19)30-23/h2-12H,13H2,1H3,(H,25,28)(H,26,29). The summed E-state index contributed by atoms with van der Waals surface area (Å²) in [6.07, 6.45) is 0. The normalized spacial score (nSPS) is 10.8. The predicted molar refractivity (Wildman–Crippen MR) is 119 cm³/mol. The summed E-state index contributed by atoms with van der Waals surface area (Å²) in [5.41, 5.74) is 3.01. The van der Waals surface area contributed by atoms with Crippen molar-refractivity contribution in [3.63, 3.8) is 0 Å². The SMILES string of the molecule is CC(=O)Nc1ccc(F)c(NC(=O)c2ccccc2CSc2nc3ccccc3o2)c1. The molecule has 31 heavy (non-hydrogen) atoms. The summed E-state index contributed by atoms with van der Waals surface area (Å²) in [5.74, 6) is -0.885. The molecule has 0 spiro atoms. The third-order valence-electron chi connectivity index (χ3n) is 4.42. The quantitative estimate of drug-likeness (QED) is 0.392. The maximum atomic E-state index is 14.2. The van der Waals surface area contributed by atoms with Gasteiger partial charge in [-0.15, -0.1) is 0 Å². The van der Waals surface area contributed by atoms with E-state index in [1.54, 1.807) is 12.1 Å². The Morgan fingerprint density at radius 1 is 1.03 bits per heavy atom. The number of oxazole rings is 1. The maximum absolute atomic E-state index is 14.2. The Bertz CT molecular complexity index is 1240. The fourth-order valence-corrected chi connectivity index (χ4v) is 3.85. The van der Waals surface area contributed by atoms with Gasteiger partial charge in [0.2, 0.25) is 5.91 Å². The number of nitrogens with one attached hydrogen (secondary N) is 2. The molecule has 1 aromatic heterocycles. The first-order chi connectivity index (χ1) is 15.0. The number of anilines is 2. The average molecular weight is 435 g/mol. The molecule has 0 saturated carbocycles. The second-order valence-corrected chi connectivity index (χ2v) is 7.65. The minimum Gasteiger partial charge on any atom is -0.431 e. The minimum atomic E-state index is -0.596. The van der Waals surface area contributed by atoms with Crippen LogP contribution in [0.2, 0.25) is 0 Å². The molecule has 0 aliphatic carbocycles. The molecular weight excluding hydrogens is 417 g/mol. The molecule has 0 radical (unpaired) electrons. The minimum absolute atomic E-state index is 0.0161. The molecule has 2 amide bonds. The van der Waals surface area contributed by atoms with Crippen molar-refractivity contribution < 1.29 is 18.4 Å². The Morgan fingerprint density at radius 2 is 1.81 bits per heavy atom. The van der Waals surface area contributed by atoms with E-state index in [2.05, 4.69) is 15.6 Å². The predicted octanol–water partition coefficient (Wildman–Crippen LogP) is 5.47. The number of thioether (sulfide) groups is 1. The molecular formula is C23H18FN3O3S. The van der Waals surface area contributed by atoms with E-state index in [4.69, 9.17) is 4.42 Å². The van der Waals surface area contributed by atoms with E-state index in [0.29, 0.717) is 27.8 Å². The lowest BCUT2D eigenvalue weighted by atomic mass is 10.1. The average Bonchev–Trinajstić information content (AvgIpc) is 3.17. The van der Waals surface area contributed by atoms with Crippen molar-refractivity contribution in [1.29, 1.82) is 0 Å². The van der Waals surface area contributed by atoms with E-state index < -0.39 is 11.7 Å². The number of aromatic nitrogens is 1. The van der Waals surface area contributed by atoms with E-state index in [1.807, 2.05) is 36.4 Å². The first-order valence-electron chi connectivity index (χ1n) is 9.44. The Labute approximate surface area is 181 Å². The molecule has 0 atom stereocenters. The van der Waals surface area contributed by atoms with Crippen molar-refractivity contribution in [1.82, 2.24) is 4.98 Å². The number of halogens is 1. The van der Waals surface area contributed by atoms with Crippen LogP contribution in [0.25, 0.3) is 11.1 Å². The summed E-state index contributed by atoms with van der Waals surface area (Å²) in [6, 6.07) is 18.5. The van der Waals surface area contributed by atoms with Gasteiger partial charge >= 0.3 is 0 Å². The lowest BCUT2D eigenvalue weighted by Crippen LogP contribution is -2.15. The van der Waals surface area contributed by atoms with Gasteiger partial charge in [0.15, 0.2) is 5.58 Å². The van der Waals surface area contributed by atoms with Gasteiger partial charge < -0.3 is 15.1 Å². The van der Waals surface area contributed by atoms with Gasteiger partial charge in [-0.05, 0) is 42.0 Å². The van der Waals surface area contributed by atoms with Crippen LogP contribution in [0.15, 0.2) is 76.4 Å². The van der Waals surface area contributed by atoms with Gasteiger partial charge in [0.05, 0.1) is 5.69 Å². The Hall–Kier alpha value is -3.65. The zero-order valence-corrected chi connectivity index (χ0v) is 17.3. The number of benzene rings is 3. The van der Waals surface area contributed by atoms with Crippen molar-refractivity contribution in [3.05, 3.63) is 83.7 Å². The topological polar surface area (TPSA) is 84.2 Å². The summed E-state index contributed by atoms with van der Waals surface area (Å²) in [6.45, 7) is 1.35. The third-order valence-corrected chi connectivity index (χ3v) is 5.30. The number of carbonyl (C=O) groups is 2. The number of carbonyl (C=O) groups excluding carboxylic acids is 2. The molecule has 0 saturated heterocycles.